The van der Waals surface area contributed by atoms with Gasteiger partial charge in [0.25, 0.3) is 0 Å². The Morgan fingerprint density at radius 2 is 2.16 bits per heavy atom. The average Bonchev–Trinajstić information content (AvgIpc) is 2.94. The molecular weight excluding hydrogens is 234 g/mol. The van der Waals surface area contributed by atoms with Crippen molar-refractivity contribution in [3.8, 4) is 0 Å². The predicted octanol–water partition coefficient (Wildman–Crippen LogP) is 3.73. The summed E-state index contributed by atoms with van der Waals surface area (Å²) in [5.41, 5.74) is 10.3. The van der Waals surface area contributed by atoms with Crippen molar-refractivity contribution in [3.63, 3.8) is 0 Å². The first-order valence-electron chi connectivity index (χ1n) is 6.89. The largest absolute Gasteiger partial charge is 0.396 e. The highest BCUT2D eigenvalue weighted by atomic mass is 14.9. The standard InChI is InChI=1S/C16H19N3/c17-14-11-19-15-8-4-3-7-13(15)16(14)18-10-9-12-5-1-2-6-12/h3-5,7-8,11H,1-2,6,9-10,17H2,(H,18,19). The van der Waals surface area contributed by atoms with E-state index in [2.05, 4.69) is 22.4 Å². The first-order valence-corrected chi connectivity index (χ1v) is 6.89. The van der Waals surface area contributed by atoms with Gasteiger partial charge < -0.3 is 11.1 Å². The lowest BCUT2D eigenvalue weighted by molar-refractivity contribution is 0.864. The van der Waals surface area contributed by atoms with Crippen molar-refractivity contribution in [1.29, 1.82) is 0 Å². The number of nitrogens with one attached hydrogen (secondary N) is 1. The van der Waals surface area contributed by atoms with Crippen molar-refractivity contribution in [2.75, 3.05) is 17.6 Å². The van der Waals surface area contributed by atoms with E-state index in [4.69, 9.17) is 5.73 Å². The van der Waals surface area contributed by atoms with E-state index < -0.39 is 0 Å². The molecule has 0 radical (unpaired) electrons. The number of para-hydroxylation sites is 1. The summed E-state index contributed by atoms with van der Waals surface area (Å²) in [5, 5.41) is 4.58. The van der Waals surface area contributed by atoms with Crippen LogP contribution in [0.2, 0.25) is 0 Å². The summed E-state index contributed by atoms with van der Waals surface area (Å²) in [5.74, 6) is 0. The van der Waals surface area contributed by atoms with E-state index in [1.807, 2.05) is 18.2 Å². The number of aromatic nitrogens is 1. The lowest BCUT2D eigenvalue weighted by Gasteiger charge is -2.12. The third-order valence-corrected chi connectivity index (χ3v) is 3.69. The summed E-state index contributed by atoms with van der Waals surface area (Å²) in [6, 6.07) is 8.10. The smallest absolute Gasteiger partial charge is 0.0743 e. The van der Waals surface area contributed by atoms with Crippen LogP contribution in [0.5, 0.6) is 0 Å². The normalized spacial score (nSPS) is 14.6. The molecule has 3 heteroatoms. The summed E-state index contributed by atoms with van der Waals surface area (Å²) in [6.07, 6.45) is 9.03. The lowest BCUT2D eigenvalue weighted by atomic mass is 10.1. The number of nitrogen functional groups attached to an aromatic ring is 1. The zero-order chi connectivity index (χ0) is 13.1. The summed E-state index contributed by atoms with van der Waals surface area (Å²) in [4.78, 5) is 4.35. The van der Waals surface area contributed by atoms with Crippen LogP contribution in [-0.2, 0) is 0 Å². The second-order valence-electron chi connectivity index (χ2n) is 5.04. The Morgan fingerprint density at radius 3 is 3.00 bits per heavy atom. The van der Waals surface area contributed by atoms with Gasteiger partial charge in [-0.05, 0) is 31.7 Å². The van der Waals surface area contributed by atoms with Gasteiger partial charge in [0.1, 0.15) is 0 Å². The minimum atomic E-state index is 0.721. The van der Waals surface area contributed by atoms with Gasteiger partial charge in [-0.2, -0.15) is 0 Å². The molecule has 19 heavy (non-hydrogen) atoms. The van der Waals surface area contributed by atoms with Crippen molar-refractivity contribution >= 4 is 22.3 Å². The highest BCUT2D eigenvalue weighted by Crippen LogP contribution is 2.28. The fourth-order valence-corrected chi connectivity index (χ4v) is 2.67. The molecule has 3 rings (SSSR count). The number of allylic oxidation sites excluding steroid dienone is 1. The number of nitrogens with zero attached hydrogens (tertiary/aromatic N) is 1. The van der Waals surface area contributed by atoms with Crippen LogP contribution in [0.1, 0.15) is 25.7 Å². The highest BCUT2D eigenvalue weighted by Gasteiger charge is 2.07. The van der Waals surface area contributed by atoms with Gasteiger partial charge >= 0.3 is 0 Å². The van der Waals surface area contributed by atoms with Crippen LogP contribution in [0, 0.1) is 0 Å². The van der Waals surface area contributed by atoms with Gasteiger partial charge in [0.15, 0.2) is 0 Å². The second kappa shape index (κ2) is 5.31. The molecule has 0 aliphatic heterocycles. The molecule has 0 amide bonds. The minimum Gasteiger partial charge on any atom is -0.396 e. The van der Waals surface area contributed by atoms with E-state index in [9.17, 15) is 0 Å². The number of fused-ring (bicyclic) bond motifs is 1. The Morgan fingerprint density at radius 1 is 1.26 bits per heavy atom. The molecule has 1 heterocycles. The Bertz CT molecular complexity index is 616. The molecule has 1 aromatic carbocycles. The quantitative estimate of drug-likeness (QED) is 0.816. The maximum Gasteiger partial charge on any atom is 0.0743 e. The van der Waals surface area contributed by atoms with Gasteiger partial charge in [-0.25, -0.2) is 0 Å². The molecule has 0 saturated heterocycles. The number of nitrogens with two attached hydrogens (primary N) is 1. The van der Waals surface area contributed by atoms with E-state index in [-0.39, 0.29) is 0 Å². The first kappa shape index (κ1) is 12.0. The summed E-state index contributed by atoms with van der Waals surface area (Å²) >= 11 is 0. The van der Waals surface area contributed by atoms with Gasteiger partial charge in [-0.3, -0.25) is 4.98 Å². The van der Waals surface area contributed by atoms with Crippen LogP contribution in [0.15, 0.2) is 42.1 Å². The molecular formula is C16H19N3. The molecule has 1 aliphatic rings. The van der Waals surface area contributed by atoms with E-state index in [1.54, 1.807) is 11.8 Å². The third kappa shape index (κ3) is 2.55. The summed E-state index contributed by atoms with van der Waals surface area (Å²) in [6.45, 7) is 0.935. The van der Waals surface area contributed by atoms with Crippen LogP contribution in [0.25, 0.3) is 10.9 Å². The van der Waals surface area contributed by atoms with E-state index in [0.717, 1.165) is 35.2 Å². The number of pyridine rings is 1. The molecule has 0 atom stereocenters. The number of anilines is 2. The molecule has 3 nitrogen and oxygen atoms in total. The monoisotopic (exact) mass is 253 g/mol. The molecule has 98 valence electrons. The molecule has 0 spiro atoms. The van der Waals surface area contributed by atoms with Gasteiger partial charge in [0.2, 0.25) is 0 Å². The van der Waals surface area contributed by atoms with Gasteiger partial charge in [-0.1, -0.05) is 29.8 Å². The fraction of sp³-hybridized carbons (Fsp3) is 0.312. The van der Waals surface area contributed by atoms with E-state index in [0.29, 0.717) is 0 Å². The number of hydrogen-bond acceptors (Lipinski definition) is 3. The second-order valence-corrected chi connectivity index (χ2v) is 5.04. The van der Waals surface area contributed by atoms with Crippen molar-refractivity contribution in [3.05, 3.63) is 42.1 Å². The molecule has 0 bridgehead atoms. The highest BCUT2D eigenvalue weighted by molar-refractivity contribution is 5.96. The van der Waals surface area contributed by atoms with Gasteiger partial charge in [-0.15, -0.1) is 0 Å². The zero-order valence-electron chi connectivity index (χ0n) is 11.0. The van der Waals surface area contributed by atoms with E-state index in [1.165, 1.54) is 19.3 Å². The molecule has 1 aliphatic carbocycles. The van der Waals surface area contributed by atoms with Crippen molar-refractivity contribution < 1.29 is 0 Å². The number of rotatable bonds is 4. The van der Waals surface area contributed by atoms with Crippen molar-refractivity contribution in [1.82, 2.24) is 4.98 Å². The topological polar surface area (TPSA) is 50.9 Å². The Kier molecular flexibility index (Phi) is 3.36. The maximum absolute atomic E-state index is 6.04. The first-order chi connectivity index (χ1) is 9.34. The van der Waals surface area contributed by atoms with Crippen LogP contribution in [0.4, 0.5) is 11.4 Å². The SMILES string of the molecule is Nc1cnc2ccccc2c1NCCC1=CCCC1. The molecule has 2 aromatic rings. The third-order valence-electron chi connectivity index (χ3n) is 3.69. The molecule has 0 fully saturated rings. The lowest BCUT2D eigenvalue weighted by Crippen LogP contribution is -2.06. The van der Waals surface area contributed by atoms with Crippen LogP contribution < -0.4 is 11.1 Å². The van der Waals surface area contributed by atoms with Gasteiger partial charge in [0, 0.05) is 11.9 Å². The Labute approximate surface area is 113 Å². The number of hydrogen-bond donors (Lipinski definition) is 2. The van der Waals surface area contributed by atoms with E-state index >= 15 is 0 Å². The van der Waals surface area contributed by atoms with Crippen LogP contribution in [0.3, 0.4) is 0 Å². The molecule has 0 saturated carbocycles. The van der Waals surface area contributed by atoms with Crippen molar-refractivity contribution in [2.45, 2.75) is 25.7 Å². The van der Waals surface area contributed by atoms with Crippen LogP contribution in [-0.4, -0.2) is 11.5 Å². The molecule has 0 unspecified atom stereocenters. The minimum absolute atomic E-state index is 0.721. The van der Waals surface area contributed by atoms with Gasteiger partial charge in [0.05, 0.1) is 23.1 Å². The zero-order valence-corrected chi connectivity index (χ0v) is 11.0. The molecule has 1 aromatic heterocycles. The molecule has 3 N–H and O–H groups in total. The average molecular weight is 253 g/mol. The van der Waals surface area contributed by atoms with Crippen LogP contribution >= 0.6 is 0 Å². The predicted molar refractivity (Wildman–Crippen MR) is 81.2 cm³/mol. The maximum atomic E-state index is 6.04. The Hall–Kier alpha value is -2.03. The fourth-order valence-electron chi connectivity index (χ4n) is 2.67. The van der Waals surface area contributed by atoms with Crippen molar-refractivity contribution in [2.24, 2.45) is 0 Å². The summed E-state index contributed by atoms with van der Waals surface area (Å²) in [7, 11) is 0. The Balaban J connectivity index is 1.77. The number of benzene rings is 1. The summed E-state index contributed by atoms with van der Waals surface area (Å²) < 4.78 is 0.